The van der Waals surface area contributed by atoms with Crippen LogP contribution in [0.1, 0.15) is 5.56 Å². The maximum absolute atomic E-state index is 3.91. The lowest BCUT2D eigenvalue weighted by Crippen LogP contribution is -1.75. The van der Waals surface area contributed by atoms with Gasteiger partial charge in [0.15, 0.2) is 0 Å². The molecule has 1 nitrogen and oxygen atoms in total. The molecule has 0 fully saturated rings. The molecule has 2 heteroatoms. The first kappa shape index (κ1) is 8.34. The molecule has 0 atom stereocenters. The predicted octanol–water partition coefficient (Wildman–Crippen LogP) is 3.05. The third kappa shape index (κ3) is 1.84. The van der Waals surface area contributed by atoms with Crippen LogP contribution >= 0.6 is 11.8 Å². The van der Waals surface area contributed by atoms with E-state index in [2.05, 4.69) is 24.7 Å². The molecule has 1 aromatic carbocycles. The molecule has 0 bridgehead atoms. The Labute approximate surface area is 71.5 Å². The quantitative estimate of drug-likeness (QED) is 0.484. The topological polar surface area (TPSA) is 12.4 Å². The molecular weight excluding hydrogens is 154 g/mol. The van der Waals surface area contributed by atoms with Crippen molar-refractivity contribution in [2.45, 2.75) is 11.8 Å². The van der Waals surface area contributed by atoms with Crippen molar-refractivity contribution < 1.29 is 0 Å². The molecule has 0 saturated heterocycles. The van der Waals surface area contributed by atoms with E-state index in [0.29, 0.717) is 0 Å². The average molecular weight is 165 g/mol. The third-order valence-corrected chi connectivity index (χ3v) is 2.27. The molecule has 1 aromatic rings. The summed E-state index contributed by atoms with van der Waals surface area (Å²) in [6, 6.07) is 6.16. The highest BCUT2D eigenvalue weighted by Crippen LogP contribution is 2.27. The highest BCUT2D eigenvalue weighted by Gasteiger charge is 1.97. The highest BCUT2D eigenvalue weighted by molar-refractivity contribution is 7.98. The van der Waals surface area contributed by atoms with Gasteiger partial charge in [-0.3, -0.25) is 4.99 Å². The Balaban J connectivity index is 3.16. The van der Waals surface area contributed by atoms with E-state index in [0.717, 1.165) is 5.69 Å². The number of aryl methyl sites for hydroxylation is 1. The van der Waals surface area contributed by atoms with Gasteiger partial charge < -0.3 is 0 Å². The van der Waals surface area contributed by atoms with Crippen molar-refractivity contribution in [1.29, 1.82) is 0 Å². The lowest BCUT2D eigenvalue weighted by molar-refractivity contribution is 1.33. The number of benzene rings is 1. The summed E-state index contributed by atoms with van der Waals surface area (Å²) in [5, 5.41) is 0. The Bertz CT molecular complexity index is 268. The number of aliphatic imine (C=N–C) groups is 1. The van der Waals surface area contributed by atoms with Gasteiger partial charge in [0, 0.05) is 4.90 Å². The summed E-state index contributed by atoms with van der Waals surface area (Å²) in [5.41, 5.74) is 2.24. The summed E-state index contributed by atoms with van der Waals surface area (Å²) in [6.45, 7) is 5.58. The molecule has 0 heterocycles. The van der Waals surface area contributed by atoms with Crippen molar-refractivity contribution in [3.8, 4) is 0 Å². The van der Waals surface area contributed by atoms with Crippen molar-refractivity contribution in [2.24, 2.45) is 4.99 Å². The van der Waals surface area contributed by atoms with Crippen LogP contribution in [0.25, 0.3) is 0 Å². The lowest BCUT2D eigenvalue weighted by Gasteiger charge is -2.01. The molecule has 1 rings (SSSR count). The van der Waals surface area contributed by atoms with Crippen molar-refractivity contribution in [1.82, 2.24) is 0 Å². The summed E-state index contributed by atoms with van der Waals surface area (Å²) < 4.78 is 0. The second-order valence-corrected chi connectivity index (χ2v) is 3.18. The summed E-state index contributed by atoms with van der Waals surface area (Å²) in [5.74, 6) is 0. The molecule has 0 amide bonds. The normalized spacial score (nSPS) is 9.64. The fraction of sp³-hybridized carbons (Fsp3) is 0.222. The van der Waals surface area contributed by atoms with Crippen molar-refractivity contribution in [3.05, 3.63) is 23.8 Å². The predicted molar refractivity (Wildman–Crippen MR) is 52.2 cm³/mol. The fourth-order valence-electron chi connectivity index (χ4n) is 0.915. The molecular formula is C9H11NS. The Hall–Kier alpha value is -0.760. The van der Waals surface area contributed by atoms with Gasteiger partial charge in [-0.25, -0.2) is 0 Å². The van der Waals surface area contributed by atoms with Gasteiger partial charge in [-0.1, -0.05) is 6.07 Å². The third-order valence-electron chi connectivity index (χ3n) is 1.51. The molecule has 0 saturated carbocycles. The summed E-state index contributed by atoms with van der Waals surface area (Å²) in [4.78, 5) is 5.11. The number of thioether (sulfide) groups is 1. The van der Waals surface area contributed by atoms with Gasteiger partial charge >= 0.3 is 0 Å². The second-order valence-electron chi connectivity index (χ2n) is 2.33. The maximum Gasteiger partial charge on any atom is 0.0758 e. The maximum atomic E-state index is 3.91. The Morgan fingerprint density at radius 3 is 2.73 bits per heavy atom. The van der Waals surface area contributed by atoms with Gasteiger partial charge in [0.25, 0.3) is 0 Å². The molecule has 0 spiro atoms. The van der Waals surface area contributed by atoms with Crippen LogP contribution in [0.2, 0.25) is 0 Å². The molecule has 0 aliphatic heterocycles. The van der Waals surface area contributed by atoms with E-state index in [1.807, 2.05) is 18.4 Å². The van der Waals surface area contributed by atoms with Gasteiger partial charge in [-0.05, 0) is 37.6 Å². The van der Waals surface area contributed by atoms with Crippen molar-refractivity contribution >= 4 is 24.2 Å². The Morgan fingerprint density at radius 1 is 1.45 bits per heavy atom. The number of hydrogen-bond donors (Lipinski definition) is 0. The SMILES string of the molecule is C=Nc1ccc(C)cc1SC. The van der Waals surface area contributed by atoms with E-state index in [4.69, 9.17) is 0 Å². The van der Waals surface area contributed by atoms with Crippen LogP contribution in [-0.2, 0) is 0 Å². The minimum Gasteiger partial charge on any atom is -0.263 e. The van der Waals surface area contributed by atoms with Gasteiger partial charge in [-0.2, -0.15) is 0 Å². The number of nitrogens with zero attached hydrogens (tertiary/aromatic N) is 1. The molecule has 0 N–H and O–H groups in total. The molecule has 0 aliphatic rings. The van der Waals surface area contributed by atoms with Crippen LogP contribution in [0.5, 0.6) is 0 Å². The first-order chi connectivity index (χ1) is 5.27. The zero-order chi connectivity index (χ0) is 8.27. The molecule has 0 aromatic heterocycles. The number of rotatable bonds is 2. The molecule has 58 valence electrons. The van der Waals surface area contributed by atoms with Gasteiger partial charge in [0.2, 0.25) is 0 Å². The highest BCUT2D eigenvalue weighted by atomic mass is 32.2. The largest absolute Gasteiger partial charge is 0.263 e. The lowest BCUT2D eigenvalue weighted by atomic mass is 10.2. The van der Waals surface area contributed by atoms with Crippen LogP contribution in [0.15, 0.2) is 28.1 Å². The van der Waals surface area contributed by atoms with Crippen LogP contribution in [-0.4, -0.2) is 13.0 Å². The summed E-state index contributed by atoms with van der Waals surface area (Å²) in [7, 11) is 0. The first-order valence-corrected chi connectivity index (χ1v) is 4.61. The smallest absolute Gasteiger partial charge is 0.0758 e. The molecule has 0 aliphatic carbocycles. The van der Waals surface area contributed by atoms with Crippen LogP contribution in [0, 0.1) is 6.92 Å². The summed E-state index contributed by atoms with van der Waals surface area (Å²) in [6.07, 6.45) is 2.05. The summed E-state index contributed by atoms with van der Waals surface area (Å²) >= 11 is 1.70. The zero-order valence-electron chi connectivity index (χ0n) is 6.79. The minimum absolute atomic E-state index is 0.975. The fourth-order valence-corrected chi connectivity index (χ4v) is 1.56. The van der Waals surface area contributed by atoms with Gasteiger partial charge in [0.05, 0.1) is 5.69 Å². The monoisotopic (exact) mass is 165 g/mol. The Kier molecular flexibility index (Phi) is 2.71. The van der Waals surface area contributed by atoms with Gasteiger partial charge in [-0.15, -0.1) is 11.8 Å². The van der Waals surface area contributed by atoms with Crippen LogP contribution in [0.3, 0.4) is 0 Å². The Morgan fingerprint density at radius 2 is 2.18 bits per heavy atom. The first-order valence-electron chi connectivity index (χ1n) is 3.39. The van der Waals surface area contributed by atoms with Crippen LogP contribution < -0.4 is 0 Å². The van der Waals surface area contributed by atoms with E-state index in [9.17, 15) is 0 Å². The van der Waals surface area contributed by atoms with Crippen molar-refractivity contribution in [3.63, 3.8) is 0 Å². The average Bonchev–Trinajstić information content (AvgIpc) is 2.04. The standard InChI is InChI=1S/C9H11NS/c1-7-4-5-8(10-2)9(6-7)11-3/h4-6H,2H2,1,3H3. The van der Waals surface area contributed by atoms with E-state index in [1.165, 1.54) is 10.5 Å². The van der Waals surface area contributed by atoms with Crippen molar-refractivity contribution in [2.75, 3.05) is 6.26 Å². The van der Waals surface area contributed by atoms with Crippen LogP contribution in [0.4, 0.5) is 5.69 Å². The zero-order valence-corrected chi connectivity index (χ0v) is 7.61. The number of hydrogen-bond acceptors (Lipinski definition) is 2. The molecule has 0 radical (unpaired) electrons. The minimum atomic E-state index is 0.975. The second kappa shape index (κ2) is 3.58. The van der Waals surface area contributed by atoms with E-state index >= 15 is 0 Å². The molecule has 11 heavy (non-hydrogen) atoms. The van der Waals surface area contributed by atoms with E-state index in [1.54, 1.807) is 11.8 Å². The molecule has 0 unspecified atom stereocenters. The van der Waals surface area contributed by atoms with E-state index < -0.39 is 0 Å². The van der Waals surface area contributed by atoms with E-state index in [-0.39, 0.29) is 0 Å². The van der Waals surface area contributed by atoms with Gasteiger partial charge in [0.1, 0.15) is 0 Å².